The number of hydrogen-bond acceptors (Lipinski definition) is 5. The van der Waals surface area contributed by atoms with E-state index in [0.717, 1.165) is 61.1 Å². The van der Waals surface area contributed by atoms with Crippen molar-refractivity contribution < 1.29 is 4.52 Å². The van der Waals surface area contributed by atoms with Crippen molar-refractivity contribution in [2.24, 2.45) is 0 Å². The van der Waals surface area contributed by atoms with E-state index in [4.69, 9.17) is 4.52 Å². The van der Waals surface area contributed by atoms with Crippen LogP contribution in [0.25, 0.3) is 5.69 Å². The zero-order valence-electron chi connectivity index (χ0n) is 15.6. The van der Waals surface area contributed by atoms with Gasteiger partial charge in [-0.3, -0.25) is 4.90 Å². The van der Waals surface area contributed by atoms with Crippen molar-refractivity contribution in [3.05, 3.63) is 59.0 Å². The van der Waals surface area contributed by atoms with Gasteiger partial charge in [-0.1, -0.05) is 30.3 Å². The van der Waals surface area contributed by atoms with Crippen molar-refractivity contribution in [1.29, 1.82) is 0 Å². The molecule has 1 aliphatic heterocycles. The Hall–Kier alpha value is -2.47. The average Bonchev–Trinajstić information content (AvgIpc) is 3.35. The van der Waals surface area contributed by atoms with Gasteiger partial charge in [-0.15, -0.1) is 0 Å². The lowest BCUT2D eigenvalue weighted by atomic mass is 10.1. The third kappa shape index (κ3) is 3.17. The molecule has 1 fully saturated rings. The van der Waals surface area contributed by atoms with Gasteiger partial charge in [0.2, 0.25) is 5.89 Å². The van der Waals surface area contributed by atoms with E-state index in [1.165, 1.54) is 5.56 Å². The highest BCUT2D eigenvalue weighted by Gasteiger charge is 2.31. The minimum absolute atomic E-state index is 0.205. The van der Waals surface area contributed by atoms with Gasteiger partial charge < -0.3 is 4.52 Å². The molecule has 2 aromatic heterocycles. The van der Waals surface area contributed by atoms with Crippen LogP contribution in [0, 0.1) is 13.8 Å². The molecular formula is C20H25N5O. The van der Waals surface area contributed by atoms with Crippen LogP contribution >= 0.6 is 0 Å². The molecule has 3 heterocycles. The summed E-state index contributed by atoms with van der Waals surface area (Å²) in [5.74, 6) is 1.54. The molecule has 0 amide bonds. The Labute approximate surface area is 153 Å². The Kier molecular flexibility index (Phi) is 4.59. The van der Waals surface area contributed by atoms with Gasteiger partial charge in [-0.25, -0.2) is 4.68 Å². The molecule has 0 saturated carbocycles. The summed E-state index contributed by atoms with van der Waals surface area (Å²) in [5, 5.41) is 8.74. The summed E-state index contributed by atoms with van der Waals surface area (Å²) in [6, 6.07) is 10.8. The molecule has 1 atom stereocenters. The molecule has 3 aromatic rings. The molecule has 136 valence electrons. The minimum Gasteiger partial charge on any atom is -0.338 e. The lowest BCUT2D eigenvalue weighted by Gasteiger charge is -2.23. The van der Waals surface area contributed by atoms with E-state index in [1.54, 1.807) is 0 Å². The summed E-state index contributed by atoms with van der Waals surface area (Å²) in [5.41, 5.74) is 4.59. The topological polar surface area (TPSA) is 60.0 Å². The maximum absolute atomic E-state index is 5.52. The predicted molar refractivity (Wildman–Crippen MR) is 99.1 cm³/mol. The van der Waals surface area contributed by atoms with E-state index in [-0.39, 0.29) is 6.04 Å². The average molecular weight is 351 g/mol. The van der Waals surface area contributed by atoms with Crippen molar-refractivity contribution in [2.45, 2.75) is 52.6 Å². The number of hydrogen-bond donors (Lipinski definition) is 0. The van der Waals surface area contributed by atoms with Crippen LogP contribution in [0.1, 0.15) is 54.5 Å². The molecule has 6 nitrogen and oxygen atoms in total. The molecule has 0 unspecified atom stereocenters. The summed E-state index contributed by atoms with van der Waals surface area (Å²) >= 11 is 0. The lowest BCUT2D eigenvalue weighted by molar-refractivity contribution is 0.201. The summed E-state index contributed by atoms with van der Waals surface area (Å²) in [7, 11) is 0. The Morgan fingerprint density at radius 2 is 2.08 bits per heavy atom. The standard InChI is InChI=1S/C20H25N5O/c1-4-19-21-20(26-23-19)18-10-7-11-24(18)13-16-8-5-6-9-17(16)25-15(3)12-14(2)22-25/h5-6,8-9,12,18H,4,7,10-11,13H2,1-3H3/t18-/m0/s1. The summed E-state index contributed by atoms with van der Waals surface area (Å²) in [6.07, 6.45) is 3.01. The van der Waals surface area contributed by atoms with E-state index in [2.05, 4.69) is 57.4 Å². The van der Waals surface area contributed by atoms with Crippen molar-refractivity contribution in [2.75, 3.05) is 6.54 Å². The van der Waals surface area contributed by atoms with E-state index in [0.29, 0.717) is 0 Å². The van der Waals surface area contributed by atoms with Crippen LogP contribution in [0.5, 0.6) is 0 Å². The number of aromatic nitrogens is 4. The van der Waals surface area contributed by atoms with Gasteiger partial charge >= 0.3 is 0 Å². The van der Waals surface area contributed by atoms with Crippen molar-refractivity contribution in [1.82, 2.24) is 24.8 Å². The zero-order valence-corrected chi connectivity index (χ0v) is 15.6. The molecule has 0 N–H and O–H groups in total. The smallest absolute Gasteiger partial charge is 0.244 e. The normalized spacial score (nSPS) is 17.9. The largest absolute Gasteiger partial charge is 0.338 e. The van der Waals surface area contributed by atoms with E-state index >= 15 is 0 Å². The number of aryl methyl sites for hydroxylation is 3. The summed E-state index contributed by atoms with van der Waals surface area (Å²) in [4.78, 5) is 7.01. The van der Waals surface area contributed by atoms with Gasteiger partial charge in [0.1, 0.15) is 0 Å². The highest BCUT2D eigenvalue weighted by Crippen LogP contribution is 2.33. The van der Waals surface area contributed by atoms with Gasteiger partial charge in [-0.05, 0) is 50.9 Å². The highest BCUT2D eigenvalue weighted by atomic mass is 16.5. The molecule has 6 heteroatoms. The molecule has 1 saturated heterocycles. The zero-order chi connectivity index (χ0) is 18.1. The summed E-state index contributed by atoms with van der Waals surface area (Å²) < 4.78 is 7.56. The first kappa shape index (κ1) is 17.0. The Balaban J connectivity index is 1.62. The van der Waals surface area contributed by atoms with Crippen LogP contribution in [0.3, 0.4) is 0 Å². The second kappa shape index (κ2) is 7.03. The van der Waals surface area contributed by atoms with Crippen LogP contribution < -0.4 is 0 Å². The number of likely N-dealkylation sites (tertiary alicyclic amines) is 1. The number of para-hydroxylation sites is 1. The lowest BCUT2D eigenvalue weighted by Crippen LogP contribution is -2.24. The van der Waals surface area contributed by atoms with Crippen LogP contribution in [-0.4, -0.2) is 31.4 Å². The van der Waals surface area contributed by atoms with Crippen molar-refractivity contribution in [3.8, 4) is 5.69 Å². The minimum atomic E-state index is 0.205. The maximum atomic E-state index is 5.52. The van der Waals surface area contributed by atoms with Crippen LogP contribution in [0.2, 0.25) is 0 Å². The first-order valence-electron chi connectivity index (χ1n) is 9.33. The molecule has 26 heavy (non-hydrogen) atoms. The Bertz CT molecular complexity index is 897. The summed E-state index contributed by atoms with van der Waals surface area (Å²) in [6.45, 7) is 8.07. The fraction of sp³-hybridized carbons (Fsp3) is 0.450. The number of nitrogens with zero attached hydrogens (tertiary/aromatic N) is 5. The second-order valence-electron chi connectivity index (χ2n) is 7.00. The Morgan fingerprint density at radius 1 is 1.23 bits per heavy atom. The van der Waals surface area contributed by atoms with Crippen LogP contribution in [0.4, 0.5) is 0 Å². The molecule has 1 aliphatic rings. The molecule has 0 bridgehead atoms. The van der Waals surface area contributed by atoms with Crippen molar-refractivity contribution in [3.63, 3.8) is 0 Å². The number of benzene rings is 1. The van der Waals surface area contributed by atoms with E-state index in [9.17, 15) is 0 Å². The van der Waals surface area contributed by atoms with Gasteiger partial charge in [0.25, 0.3) is 0 Å². The van der Waals surface area contributed by atoms with Crippen molar-refractivity contribution >= 4 is 0 Å². The SMILES string of the molecule is CCc1noc([C@@H]2CCCN2Cc2ccccc2-n2nc(C)cc2C)n1. The van der Waals surface area contributed by atoms with Gasteiger partial charge in [0.15, 0.2) is 5.82 Å². The van der Waals surface area contributed by atoms with E-state index in [1.807, 2.05) is 18.5 Å². The van der Waals surface area contributed by atoms with Gasteiger partial charge in [-0.2, -0.15) is 10.1 Å². The molecule has 0 radical (unpaired) electrons. The second-order valence-corrected chi connectivity index (χ2v) is 7.00. The monoisotopic (exact) mass is 351 g/mol. The molecule has 4 rings (SSSR count). The fourth-order valence-corrected chi connectivity index (χ4v) is 3.78. The first-order chi connectivity index (χ1) is 12.7. The fourth-order valence-electron chi connectivity index (χ4n) is 3.78. The highest BCUT2D eigenvalue weighted by molar-refractivity contribution is 5.42. The molecule has 0 spiro atoms. The third-order valence-corrected chi connectivity index (χ3v) is 5.05. The maximum Gasteiger partial charge on any atom is 0.244 e. The quantitative estimate of drug-likeness (QED) is 0.700. The first-order valence-corrected chi connectivity index (χ1v) is 9.33. The van der Waals surface area contributed by atoms with Gasteiger partial charge in [0, 0.05) is 18.7 Å². The van der Waals surface area contributed by atoms with Crippen LogP contribution in [0.15, 0.2) is 34.9 Å². The number of rotatable bonds is 5. The molecule has 1 aromatic carbocycles. The molecular weight excluding hydrogens is 326 g/mol. The Morgan fingerprint density at radius 3 is 2.81 bits per heavy atom. The van der Waals surface area contributed by atoms with Crippen LogP contribution in [-0.2, 0) is 13.0 Å². The molecule has 0 aliphatic carbocycles. The predicted octanol–water partition coefficient (Wildman–Crippen LogP) is 3.77. The third-order valence-electron chi connectivity index (χ3n) is 5.05. The van der Waals surface area contributed by atoms with Gasteiger partial charge in [0.05, 0.1) is 17.4 Å². The van der Waals surface area contributed by atoms with E-state index < -0.39 is 0 Å².